The Morgan fingerprint density at radius 1 is 1.35 bits per heavy atom. The molecule has 3 rings (SSSR count). The smallest absolute Gasteiger partial charge is 0.257 e. The summed E-state index contributed by atoms with van der Waals surface area (Å²) >= 11 is 0. The fraction of sp³-hybridized carbons (Fsp3) is 0.438. The molecule has 124 valence electrons. The highest BCUT2D eigenvalue weighted by Gasteiger charge is 2.24. The van der Waals surface area contributed by atoms with Crippen LogP contribution in [-0.2, 0) is 23.0 Å². The van der Waals surface area contributed by atoms with Gasteiger partial charge in [0.15, 0.2) is 5.03 Å². The van der Waals surface area contributed by atoms with Gasteiger partial charge in [0.05, 0.1) is 12.8 Å². The van der Waals surface area contributed by atoms with Gasteiger partial charge in [-0.05, 0) is 30.5 Å². The number of aromatic nitrogens is 2. The molecule has 0 bridgehead atoms. The van der Waals surface area contributed by atoms with E-state index in [-0.39, 0.29) is 10.9 Å². The van der Waals surface area contributed by atoms with Crippen LogP contribution in [0.5, 0.6) is 5.75 Å². The van der Waals surface area contributed by atoms with E-state index in [0.717, 1.165) is 24.2 Å². The lowest BCUT2D eigenvalue weighted by molar-refractivity contribution is 0.223. The summed E-state index contributed by atoms with van der Waals surface area (Å²) in [6.45, 7) is 3.45. The lowest BCUT2D eigenvalue weighted by Gasteiger charge is -2.25. The van der Waals surface area contributed by atoms with Gasteiger partial charge in [0.2, 0.25) is 0 Å². The third-order valence-corrected chi connectivity index (χ3v) is 5.35. The van der Waals surface area contributed by atoms with E-state index in [1.165, 1.54) is 16.9 Å². The molecule has 2 heterocycles. The third kappa shape index (κ3) is 3.56. The van der Waals surface area contributed by atoms with E-state index < -0.39 is 10.0 Å². The van der Waals surface area contributed by atoms with Crippen LogP contribution in [0.1, 0.15) is 18.9 Å². The monoisotopic (exact) mass is 335 g/mol. The second-order valence-corrected chi connectivity index (χ2v) is 7.45. The summed E-state index contributed by atoms with van der Waals surface area (Å²) in [5, 5.41) is 4.29. The largest absolute Gasteiger partial charge is 0.493 e. The molecule has 0 radical (unpaired) electrons. The average Bonchev–Trinajstić information content (AvgIpc) is 3.02. The number of para-hydroxylation sites is 1. The van der Waals surface area contributed by atoms with Gasteiger partial charge in [0.25, 0.3) is 10.0 Å². The highest BCUT2D eigenvalue weighted by Crippen LogP contribution is 2.26. The van der Waals surface area contributed by atoms with Crippen LogP contribution in [0.25, 0.3) is 0 Å². The molecule has 0 fully saturated rings. The van der Waals surface area contributed by atoms with Crippen LogP contribution in [-0.4, -0.2) is 31.3 Å². The van der Waals surface area contributed by atoms with Crippen LogP contribution in [0.3, 0.4) is 0 Å². The number of aryl methyl sites for hydroxylation is 1. The lowest BCUT2D eigenvalue weighted by atomic mass is 9.97. The Balaban J connectivity index is 1.65. The Kier molecular flexibility index (Phi) is 4.68. The lowest BCUT2D eigenvalue weighted by Crippen LogP contribution is -2.35. The Hall–Kier alpha value is -1.86. The van der Waals surface area contributed by atoms with Crippen molar-refractivity contribution >= 4 is 10.0 Å². The maximum absolute atomic E-state index is 12.5. The summed E-state index contributed by atoms with van der Waals surface area (Å²) in [7, 11) is -3.55. The molecule has 1 aliphatic rings. The number of benzene rings is 1. The quantitative estimate of drug-likeness (QED) is 0.874. The van der Waals surface area contributed by atoms with Gasteiger partial charge in [-0.2, -0.15) is 5.10 Å². The molecule has 0 saturated heterocycles. The van der Waals surface area contributed by atoms with Crippen molar-refractivity contribution in [2.45, 2.75) is 31.3 Å². The number of fused-ring (bicyclic) bond motifs is 1. The molecule has 1 atom stereocenters. The predicted octanol–water partition coefficient (Wildman–Crippen LogP) is 1.82. The number of hydrogen-bond acceptors (Lipinski definition) is 4. The zero-order chi connectivity index (χ0) is 16.3. The first kappa shape index (κ1) is 16.0. The second kappa shape index (κ2) is 6.72. The molecule has 1 aromatic carbocycles. The van der Waals surface area contributed by atoms with E-state index in [1.54, 1.807) is 0 Å². The van der Waals surface area contributed by atoms with Crippen molar-refractivity contribution in [1.29, 1.82) is 0 Å². The Morgan fingerprint density at radius 2 is 2.17 bits per heavy atom. The minimum absolute atomic E-state index is 0.127. The summed E-state index contributed by atoms with van der Waals surface area (Å²) in [6, 6.07) is 9.41. The van der Waals surface area contributed by atoms with Crippen molar-refractivity contribution in [2.24, 2.45) is 5.92 Å². The zero-order valence-corrected chi connectivity index (χ0v) is 13.9. The maximum Gasteiger partial charge on any atom is 0.257 e. The third-order valence-electron chi connectivity index (χ3n) is 3.91. The van der Waals surface area contributed by atoms with Gasteiger partial charge in [0.1, 0.15) is 5.75 Å². The van der Waals surface area contributed by atoms with Gasteiger partial charge < -0.3 is 4.74 Å². The molecule has 0 spiro atoms. The van der Waals surface area contributed by atoms with E-state index in [9.17, 15) is 8.42 Å². The van der Waals surface area contributed by atoms with Crippen molar-refractivity contribution in [3.8, 4) is 5.75 Å². The molecule has 0 amide bonds. The number of nitrogens with one attached hydrogen (secondary N) is 1. The van der Waals surface area contributed by atoms with Gasteiger partial charge in [-0.3, -0.25) is 4.68 Å². The van der Waals surface area contributed by atoms with E-state index >= 15 is 0 Å². The molecule has 7 heteroatoms. The molecule has 1 aromatic heterocycles. The number of nitrogens with zero attached hydrogens (tertiary/aromatic N) is 2. The molecular formula is C16H21N3O3S. The highest BCUT2D eigenvalue weighted by molar-refractivity contribution is 7.89. The summed E-state index contributed by atoms with van der Waals surface area (Å²) in [5.74, 6) is 1.02. The predicted molar refractivity (Wildman–Crippen MR) is 86.8 cm³/mol. The molecule has 2 aromatic rings. The Labute approximate surface area is 136 Å². The number of hydrogen-bond donors (Lipinski definition) is 1. The average molecular weight is 335 g/mol. The zero-order valence-electron chi connectivity index (χ0n) is 13.1. The van der Waals surface area contributed by atoms with E-state index in [0.29, 0.717) is 19.7 Å². The van der Waals surface area contributed by atoms with Crippen LogP contribution in [0.15, 0.2) is 41.6 Å². The highest BCUT2D eigenvalue weighted by atomic mass is 32.2. The SMILES string of the molecule is CCCn1nccc1S(=O)(=O)NC[C@H]1COc2ccccc2C1. The normalized spacial score (nSPS) is 17.5. The van der Waals surface area contributed by atoms with Gasteiger partial charge >= 0.3 is 0 Å². The van der Waals surface area contributed by atoms with E-state index in [1.807, 2.05) is 31.2 Å². The Morgan fingerprint density at radius 3 is 3.00 bits per heavy atom. The van der Waals surface area contributed by atoms with Crippen molar-refractivity contribution in [1.82, 2.24) is 14.5 Å². The van der Waals surface area contributed by atoms with Crippen molar-refractivity contribution < 1.29 is 13.2 Å². The maximum atomic E-state index is 12.5. The van der Waals surface area contributed by atoms with Crippen LogP contribution < -0.4 is 9.46 Å². The molecule has 0 aliphatic carbocycles. The first-order valence-corrected chi connectivity index (χ1v) is 9.30. The van der Waals surface area contributed by atoms with Crippen LogP contribution in [0.2, 0.25) is 0 Å². The van der Waals surface area contributed by atoms with Gasteiger partial charge in [-0.15, -0.1) is 0 Å². The minimum Gasteiger partial charge on any atom is -0.493 e. The molecule has 0 unspecified atom stereocenters. The number of ether oxygens (including phenoxy) is 1. The first-order valence-electron chi connectivity index (χ1n) is 7.82. The van der Waals surface area contributed by atoms with Crippen LogP contribution >= 0.6 is 0 Å². The van der Waals surface area contributed by atoms with Crippen molar-refractivity contribution in [2.75, 3.05) is 13.2 Å². The summed E-state index contributed by atoms with van der Waals surface area (Å²) in [6.07, 6.45) is 3.16. The van der Waals surface area contributed by atoms with Gasteiger partial charge in [-0.25, -0.2) is 13.1 Å². The Bertz CT molecular complexity index is 770. The van der Waals surface area contributed by atoms with E-state index in [4.69, 9.17) is 4.74 Å². The summed E-state index contributed by atoms with van der Waals surface area (Å²) < 4.78 is 34.8. The topological polar surface area (TPSA) is 73.2 Å². The van der Waals surface area contributed by atoms with Crippen LogP contribution in [0.4, 0.5) is 0 Å². The number of rotatable bonds is 6. The molecule has 23 heavy (non-hydrogen) atoms. The standard InChI is InChI=1S/C16H21N3O3S/c1-2-9-19-16(7-8-17-19)23(20,21)18-11-13-10-14-5-3-4-6-15(14)22-12-13/h3-8,13,18H,2,9-12H2,1H3/t13-/m0/s1. The van der Waals surface area contributed by atoms with E-state index in [2.05, 4.69) is 9.82 Å². The first-order chi connectivity index (χ1) is 11.1. The van der Waals surface area contributed by atoms with Gasteiger partial charge in [-0.1, -0.05) is 25.1 Å². The number of sulfonamides is 1. The van der Waals surface area contributed by atoms with Crippen molar-refractivity contribution in [3.05, 3.63) is 42.1 Å². The molecule has 6 nitrogen and oxygen atoms in total. The molecule has 1 aliphatic heterocycles. The fourth-order valence-electron chi connectivity index (χ4n) is 2.75. The molecule has 0 saturated carbocycles. The second-order valence-electron chi connectivity index (χ2n) is 5.73. The van der Waals surface area contributed by atoms with Gasteiger partial charge in [0, 0.05) is 19.0 Å². The molecule has 1 N–H and O–H groups in total. The van der Waals surface area contributed by atoms with Crippen LogP contribution in [0, 0.1) is 5.92 Å². The van der Waals surface area contributed by atoms with Crippen molar-refractivity contribution in [3.63, 3.8) is 0 Å². The molecular weight excluding hydrogens is 314 g/mol. The minimum atomic E-state index is -3.55. The summed E-state index contributed by atoms with van der Waals surface area (Å²) in [4.78, 5) is 0. The fourth-order valence-corrected chi connectivity index (χ4v) is 4.01. The summed E-state index contributed by atoms with van der Waals surface area (Å²) in [5.41, 5.74) is 1.12.